The Morgan fingerprint density at radius 1 is 0.806 bits per heavy atom. The Balaban J connectivity index is 1.18. The number of likely N-dealkylation sites (tertiary alicyclic amines) is 1. The van der Waals surface area contributed by atoms with Crippen molar-refractivity contribution in [2.75, 3.05) is 45.8 Å². The van der Waals surface area contributed by atoms with E-state index in [-0.39, 0.29) is 5.91 Å². The molecule has 2 fully saturated rings. The highest BCUT2D eigenvalue weighted by Crippen LogP contribution is 2.35. The van der Waals surface area contributed by atoms with E-state index in [1.807, 2.05) is 48.5 Å². The number of carbonyl (C=O) groups excluding carboxylic acids is 1. The summed E-state index contributed by atoms with van der Waals surface area (Å²) in [5.74, 6) is 0.753. The van der Waals surface area contributed by atoms with Crippen LogP contribution in [0.15, 0.2) is 84.9 Å². The third-order valence-corrected chi connectivity index (χ3v) is 8.26. The Hall–Kier alpha value is -2.66. The van der Waals surface area contributed by atoms with Crippen molar-refractivity contribution in [2.24, 2.45) is 5.92 Å². The first-order valence-electron chi connectivity index (χ1n) is 13.1. The Bertz CT molecular complexity index is 1090. The van der Waals surface area contributed by atoms with E-state index in [1.54, 1.807) is 0 Å². The molecule has 3 aromatic carbocycles. The fraction of sp³-hybridized carbons (Fsp3) is 0.387. The lowest BCUT2D eigenvalue weighted by Crippen LogP contribution is -2.48. The Morgan fingerprint density at radius 2 is 1.36 bits per heavy atom. The largest absolute Gasteiger partial charge is 0.341 e. The molecule has 0 N–H and O–H groups in total. The molecular formula is C31H36ClN3O. The van der Waals surface area contributed by atoms with Crippen LogP contribution in [0.2, 0.25) is 5.02 Å². The molecule has 36 heavy (non-hydrogen) atoms. The SMILES string of the molecule is CC(C(=O)N1CCC(CN2CCN(Cc3ccc(Cl)cc3)CC2)C1)(c1ccccc1)c1ccccc1. The third-order valence-electron chi connectivity index (χ3n) is 8.00. The number of rotatable bonds is 7. The molecular weight excluding hydrogens is 466 g/mol. The fourth-order valence-corrected chi connectivity index (χ4v) is 5.91. The predicted octanol–water partition coefficient (Wildman–Crippen LogP) is 5.31. The van der Waals surface area contributed by atoms with Gasteiger partial charge < -0.3 is 9.80 Å². The molecule has 2 aliphatic heterocycles. The molecule has 3 aromatic rings. The zero-order valence-electron chi connectivity index (χ0n) is 21.2. The first kappa shape index (κ1) is 25.0. The minimum absolute atomic E-state index is 0.218. The quantitative estimate of drug-likeness (QED) is 0.439. The van der Waals surface area contributed by atoms with Crippen molar-refractivity contribution in [1.29, 1.82) is 0 Å². The highest BCUT2D eigenvalue weighted by molar-refractivity contribution is 6.30. The molecule has 0 saturated carbocycles. The van der Waals surface area contributed by atoms with E-state index in [1.165, 1.54) is 5.56 Å². The summed E-state index contributed by atoms with van der Waals surface area (Å²) in [6.45, 7) is 10.2. The molecule has 0 bridgehead atoms. The third kappa shape index (κ3) is 5.51. The molecule has 1 atom stereocenters. The van der Waals surface area contributed by atoms with Crippen LogP contribution in [0, 0.1) is 5.92 Å². The van der Waals surface area contributed by atoms with Crippen LogP contribution < -0.4 is 0 Å². The lowest BCUT2D eigenvalue weighted by atomic mass is 9.75. The summed E-state index contributed by atoms with van der Waals surface area (Å²) in [7, 11) is 0. The first-order valence-corrected chi connectivity index (χ1v) is 13.5. The maximum Gasteiger partial charge on any atom is 0.237 e. The molecule has 5 rings (SSSR count). The van der Waals surface area contributed by atoms with Crippen LogP contribution >= 0.6 is 11.6 Å². The van der Waals surface area contributed by atoms with Gasteiger partial charge in [0.05, 0.1) is 5.41 Å². The standard InChI is InChI=1S/C31H36ClN3O/c1-31(27-8-4-2-5-9-27,28-10-6-3-7-11-28)30(36)35-17-16-26(24-35)23-34-20-18-33(19-21-34)22-25-12-14-29(32)15-13-25/h2-15,26H,16-24H2,1H3. The number of piperazine rings is 1. The minimum atomic E-state index is -0.676. The minimum Gasteiger partial charge on any atom is -0.341 e. The van der Waals surface area contributed by atoms with Gasteiger partial charge in [-0.25, -0.2) is 0 Å². The average Bonchev–Trinajstić information content (AvgIpc) is 3.39. The van der Waals surface area contributed by atoms with Gasteiger partial charge in [-0.1, -0.05) is 84.4 Å². The molecule has 0 aromatic heterocycles. The number of amides is 1. The topological polar surface area (TPSA) is 26.8 Å². The van der Waals surface area contributed by atoms with Gasteiger partial charge >= 0.3 is 0 Å². The van der Waals surface area contributed by atoms with E-state index in [4.69, 9.17) is 11.6 Å². The maximum absolute atomic E-state index is 14.0. The zero-order valence-corrected chi connectivity index (χ0v) is 21.9. The molecule has 5 heteroatoms. The molecule has 2 saturated heterocycles. The summed E-state index contributed by atoms with van der Waals surface area (Å²) in [5.41, 5.74) is 2.76. The van der Waals surface area contributed by atoms with Crippen molar-refractivity contribution in [1.82, 2.24) is 14.7 Å². The summed E-state index contributed by atoms with van der Waals surface area (Å²) in [6, 6.07) is 28.7. The Kier molecular flexibility index (Phi) is 7.76. The van der Waals surface area contributed by atoms with Crippen LogP contribution in [0.4, 0.5) is 0 Å². The number of carbonyl (C=O) groups is 1. The van der Waals surface area contributed by atoms with Gasteiger partial charge in [-0.05, 0) is 48.1 Å². The van der Waals surface area contributed by atoms with Crippen LogP contribution in [0.25, 0.3) is 0 Å². The van der Waals surface area contributed by atoms with Gasteiger partial charge in [0.25, 0.3) is 0 Å². The highest BCUT2D eigenvalue weighted by Gasteiger charge is 2.42. The van der Waals surface area contributed by atoms with Crippen molar-refractivity contribution in [3.8, 4) is 0 Å². The van der Waals surface area contributed by atoms with Gasteiger partial charge in [-0.2, -0.15) is 0 Å². The molecule has 0 aliphatic carbocycles. The van der Waals surface area contributed by atoms with Gasteiger partial charge in [0.15, 0.2) is 0 Å². The monoisotopic (exact) mass is 501 g/mol. The van der Waals surface area contributed by atoms with E-state index in [2.05, 4.69) is 58.0 Å². The van der Waals surface area contributed by atoms with E-state index >= 15 is 0 Å². The molecule has 1 unspecified atom stereocenters. The molecule has 2 heterocycles. The second-order valence-corrected chi connectivity index (χ2v) is 10.9. The molecule has 2 aliphatic rings. The summed E-state index contributed by atoms with van der Waals surface area (Å²) in [4.78, 5) is 21.3. The Morgan fingerprint density at radius 3 is 1.94 bits per heavy atom. The van der Waals surface area contributed by atoms with Crippen LogP contribution in [0.3, 0.4) is 0 Å². The van der Waals surface area contributed by atoms with E-state index in [9.17, 15) is 4.79 Å². The highest BCUT2D eigenvalue weighted by atomic mass is 35.5. The number of hydrogen-bond acceptors (Lipinski definition) is 3. The number of hydrogen-bond donors (Lipinski definition) is 0. The van der Waals surface area contributed by atoms with Gasteiger partial charge in [-0.15, -0.1) is 0 Å². The second kappa shape index (κ2) is 11.2. The van der Waals surface area contributed by atoms with E-state index in [0.29, 0.717) is 5.92 Å². The normalized spacial score (nSPS) is 19.5. The van der Waals surface area contributed by atoms with Crippen LogP contribution in [-0.4, -0.2) is 66.4 Å². The number of halogens is 1. The smallest absolute Gasteiger partial charge is 0.237 e. The molecule has 4 nitrogen and oxygen atoms in total. The zero-order chi connectivity index (χ0) is 25.0. The second-order valence-electron chi connectivity index (χ2n) is 10.5. The van der Waals surface area contributed by atoms with Crippen molar-refractivity contribution >= 4 is 17.5 Å². The fourth-order valence-electron chi connectivity index (χ4n) is 5.78. The van der Waals surface area contributed by atoms with Crippen LogP contribution in [-0.2, 0) is 16.8 Å². The summed E-state index contributed by atoms with van der Waals surface area (Å²) in [5, 5.41) is 0.792. The lowest BCUT2D eigenvalue weighted by Gasteiger charge is -2.36. The van der Waals surface area contributed by atoms with Gasteiger partial charge in [0.1, 0.15) is 0 Å². The van der Waals surface area contributed by atoms with E-state index < -0.39 is 5.41 Å². The van der Waals surface area contributed by atoms with Crippen LogP contribution in [0.1, 0.15) is 30.0 Å². The summed E-state index contributed by atoms with van der Waals surface area (Å²) < 4.78 is 0. The van der Waals surface area contributed by atoms with E-state index in [0.717, 1.165) is 74.9 Å². The summed E-state index contributed by atoms with van der Waals surface area (Å²) >= 11 is 6.03. The van der Waals surface area contributed by atoms with Crippen molar-refractivity contribution in [2.45, 2.75) is 25.3 Å². The number of nitrogens with zero attached hydrogens (tertiary/aromatic N) is 3. The summed E-state index contributed by atoms with van der Waals surface area (Å²) in [6.07, 6.45) is 1.08. The average molecular weight is 502 g/mol. The van der Waals surface area contributed by atoms with Gasteiger partial charge in [-0.3, -0.25) is 9.69 Å². The molecule has 188 valence electrons. The first-order chi connectivity index (χ1) is 17.5. The van der Waals surface area contributed by atoms with Crippen molar-refractivity contribution < 1.29 is 4.79 Å². The Labute approximate surface area is 220 Å². The molecule has 0 radical (unpaired) electrons. The van der Waals surface area contributed by atoms with Crippen LogP contribution in [0.5, 0.6) is 0 Å². The molecule has 1 amide bonds. The van der Waals surface area contributed by atoms with Crippen molar-refractivity contribution in [3.63, 3.8) is 0 Å². The van der Waals surface area contributed by atoms with Gasteiger partial charge in [0.2, 0.25) is 5.91 Å². The lowest BCUT2D eigenvalue weighted by molar-refractivity contribution is -0.134. The predicted molar refractivity (Wildman–Crippen MR) is 147 cm³/mol. The maximum atomic E-state index is 14.0. The number of benzene rings is 3. The van der Waals surface area contributed by atoms with Crippen molar-refractivity contribution in [3.05, 3.63) is 107 Å². The molecule has 0 spiro atoms. The van der Waals surface area contributed by atoms with Gasteiger partial charge in [0, 0.05) is 57.4 Å².